The molecule has 2 aromatic heterocycles. The van der Waals surface area contributed by atoms with Crippen molar-refractivity contribution in [2.45, 2.75) is 74.5 Å². The second-order valence-electron chi connectivity index (χ2n) is 13.2. The molecule has 3 aromatic rings. The molecule has 0 radical (unpaired) electrons. The Kier molecular flexibility index (Phi) is 6.80. The summed E-state index contributed by atoms with van der Waals surface area (Å²) in [6.45, 7) is 2.97. The van der Waals surface area contributed by atoms with Crippen LogP contribution in [0.4, 0.5) is 14.6 Å². The van der Waals surface area contributed by atoms with Crippen molar-refractivity contribution in [3.63, 3.8) is 0 Å². The summed E-state index contributed by atoms with van der Waals surface area (Å²) in [5, 5.41) is 11.2. The fraction of sp³-hybridized carbons (Fsp3) is 0.594. The van der Waals surface area contributed by atoms with Crippen LogP contribution in [0, 0.1) is 5.82 Å². The molecule has 3 atom stereocenters. The van der Waals surface area contributed by atoms with Gasteiger partial charge in [0.1, 0.15) is 40.9 Å². The Bertz CT molecular complexity index is 1630. The molecule has 4 fully saturated rings. The lowest BCUT2D eigenvalue weighted by Crippen LogP contribution is -2.54. The van der Waals surface area contributed by atoms with Gasteiger partial charge < -0.3 is 24.2 Å². The minimum Gasteiger partial charge on any atom is -0.508 e. The first kappa shape index (κ1) is 28.5. The average molecular weight is 628 g/mol. The van der Waals surface area contributed by atoms with Gasteiger partial charge in [-0.05, 0) is 68.7 Å². The molecular weight excluding hydrogens is 592 g/mol. The van der Waals surface area contributed by atoms with Crippen molar-refractivity contribution in [3.05, 3.63) is 28.5 Å². The van der Waals surface area contributed by atoms with Crippen molar-refractivity contribution in [3.8, 4) is 28.9 Å². The summed E-state index contributed by atoms with van der Waals surface area (Å²) in [5.74, 6) is 0.0884. The van der Waals surface area contributed by atoms with E-state index in [0.29, 0.717) is 61.0 Å². The monoisotopic (exact) mass is 627 g/mol. The average Bonchev–Trinajstić information content (AvgIpc) is 3.69. The van der Waals surface area contributed by atoms with E-state index in [1.54, 1.807) is 0 Å². The van der Waals surface area contributed by atoms with Gasteiger partial charge in [-0.2, -0.15) is 9.97 Å². The molecule has 1 unspecified atom stereocenters. The van der Waals surface area contributed by atoms with E-state index < -0.39 is 23.1 Å². The number of rotatable bonds is 5. The number of phenolic OH excluding ortho intramolecular Hbond substituents is 1. The molecular formula is C32H36ClF2N5O4. The zero-order chi connectivity index (χ0) is 30.2. The highest BCUT2D eigenvalue weighted by atomic mass is 35.5. The topological polar surface area (TPSA) is 93.1 Å². The van der Waals surface area contributed by atoms with Crippen LogP contribution in [-0.4, -0.2) is 88.8 Å². The predicted molar refractivity (Wildman–Crippen MR) is 161 cm³/mol. The SMILES string of the molecule is CN1c2nc(OC[C@@]34CCCN3C[C@H](F)C4)nc3c(F)c(-c4cc(O)cc(Cl)c4C4CC4)nc(c23)OCCC12CCCOC2. The minimum atomic E-state index is -0.900. The molecule has 3 saturated heterocycles. The Morgan fingerprint density at radius 1 is 1.14 bits per heavy atom. The lowest BCUT2D eigenvalue weighted by atomic mass is 9.87. The van der Waals surface area contributed by atoms with Crippen molar-refractivity contribution in [2.24, 2.45) is 0 Å². The standard InChI is InChI=1S/C32H36ClF2N5O4/c1-39-28-24-27(37-30(38-28)44-17-32-6-2-9-40(32)15-19(34)14-32)25(35)26(21-12-20(41)13-22(33)23(21)18-4-5-18)36-29(24)43-11-8-31(39)7-3-10-42-16-31/h12-13,18-19,41H,2-11,14-17H2,1H3/t19-,31?,32+/m1/s1. The van der Waals surface area contributed by atoms with Gasteiger partial charge in [0, 0.05) is 43.6 Å². The van der Waals surface area contributed by atoms with Gasteiger partial charge in [0.05, 0.1) is 24.3 Å². The van der Waals surface area contributed by atoms with Crippen LogP contribution in [0.2, 0.25) is 5.02 Å². The second-order valence-corrected chi connectivity index (χ2v) is 13.6. The third-order valence-electron chi connectivity index (χ3n) is 10.4. The smallest absolute Gasteiger partial charge is 0.319 e. The van der Waals surface area contributed by atoms with Gasteiger partial charge in [0.2, 0.25) is 5.88 Å². The Hall–Kier alpha value is -3.02. The van der Waals surface area contributed by atoms with Crippen LogP contribution < -0.4 is 14.4 Å². The number of halogens is 3. The lowest BCUT2D eigenvalue weighted by molar-refractivity contribution is 0.0255. The number of aromatic nitrogens is 3. The molecule has 1 saturated carbocycles. The minimum absolute atomic E-state index is 0.0124. The zero-order valence-electron chi connectivity index (χ0n) is 24.8. The molecule has 12 heteroatoms. The Morgan fingerprint density at radius 2 is 2.00 bits per heavy atom. The normalized spacial score (nSPS) is 28.6. The maximum Gasteiger partial charge on any atom is 0.319 e. The molecule has 4 aliphatic heterocycles. The first-order valence-electron chi connectivity index (χ1n) is 15.7. The third-order valence-corrected chi connectivity index (χ3v) is 10.7. The number of aromatic hydroxyl groups is 1. The fourth-order valence-electron chi connectivity index (χ4n) is 7.96. The van der Waals surface area contributed by atoms with Gasteiger partial charge in [-0.1, -0.05) is 11.6 Å². The van der Waals surface area contributed by atoms with E-state index in [-0.39, 0.29) is 41.4 Å². The molecule has 1 spiro atoms. The maximum atomic E-state index is 16.9. The van der Waals surface area contributed by atoms with Crippen molar-refractivity contribution >= 4 is 28.3 Å². The number of fused-ring (bicyclic) bond motifs is 1. The van der Waals surface area contributed by atoms with Crippen molar-refractivity contribution in [1.29, 1.82) is 0 Å². The second kappa shape index (κ2) is 10.5. The van der Waals surface area contributed by atoms with Gasteiger partial charge in [-0.15, -0.1) is 0 Å². The Labute approximate surface area is 259 Å². The Morgan fingerprint density at radius 3 is 2.80 bits per heavy atom. The van der Waals surface area contributed by atoms with Crippen molar-refractivity contribution in [1.82, 2.24) is 19.9 Å². The zero-order valence-corrected chi connectivity index (χ0v) is 25.5. The number of nitrogens with zero attached hydrogens (tertiary/aromatic N) is 5. The molecule has 44 heavy (non-hydrogen) atoms. The third kappa shape index (κ3) is 4.57. The highest BCUT2D eigenvalue weighted by Crippen LogP contribution is 2.51. The fourth-order valence-corrected chi connectivity index (χ4v) is 8.32. The summed E-state index contributed by atoms with van der Waals surface area (Å²) in [5.41, 5.74) is 0.390. The number of benzene rings is 1. The molecule has 8 rings (SSSR count). The van der Waals surface area contributed by atoms with Gasteiger partial charge in [0.15, 0.2) is 5.82 Å². The van der Waals surface area contributed by atoms with E-state index >= 15 is 4.39 Å². The van der Waals surface area contributed by atoms with Crippen molar-refractivity contribution < 1.29 is 28.1 Å². The van der Waals surface area contributed by atoms with Crippen LogP contribution in [0.1, 0.15) is 62.8 Å². The summed E-state index contributed by atoms with van der Waals surface area (Å²) in [4.78, 5) is 18.4. The van der Waals surface area contributed by atoms with Crippen LogP contribution in [-0.2, 0) is 4.74 Å². The summed E-state index contributed by atoms with van der Waals surface area (Å²) < 4.78 is 49.9. The molecule has 9 nitrogen and oxygen atoms in total. The number of likely N-dealkylation sites (N-methyl/N-ethyl adjacent to an activating group) is 1. The largest absolute Gasteiger partial charge is 0.508 e. The number of phenols is 1. The molecule has 5 aliphatic rings. The van der Waals surface area contributed by atoms with E-state index in [9.17, 15) is 9.50 Å². The molecule has 6 heterocycles. The predicted octanol–water partition coefficient (Wildman–Crippen LogP) is 5.79. The number of hydrogen-bond donors (Lipinski definition) is 1. The number of anilines is 1. The van der Waals surface area contributed by atoms with Crippen molar-refractivity contribution in [2.75, 3.05) is 51.5 Å². The molecule has 1 N–H and O–H groups in total. The van der Waals surface area contributed by atoms with Crippen LogP contribution >= 0.6 is 11.6 Å². The number of pyridine rings is 1. The quantitative estimate of drug-likeness (QED) is 0.377. The van der Waals surface area contributed by atoms with E-state index in [4.69, 9.17) is 35.8 Å². The molecule has 1 aliphatic carbocycles. The van der Waals surface area contributed by atoms with E-state index in [0.717, 1.165) is 50.6 Å². The highest BCUT2D eigenvalue weighted by Gasteiger charge is 2.49. The summed E-state index contributed by atoms with van der Waals surface area (Å²) >= 11 is 6.60. The summed E-state index contributed by atoms with van der Waals surface area (Å²) in [7, 11) is 1.95. The Balaban J connectivity index is 1.30. The first-order valence-corrected chi connectivity index (χ1v) is 16.1. The van der Waals surface area contributed by atoms with E-state index in [1.165, 1.54) is 12.1 Å². The van der Waals surface area contributed by atoms with Gasteiger partial charge >= 0.3 is 6.01 Å². The number of ether oxygens (including phenoxy) is 3. The summed E-state index contributed by atoms with van der Waals surface area (Å²) in [6.07, 6.45) is 5.55. The maximum absolute atomic E-state index is 16.9. The number of hydrogen-bond acceptors (Lipinski definition) is 9. The molecule has 0 bridgehead atoms. The van der Waals surface area contributed by atoms with Gasteiger partial charge in [0.25, 0.3) is 0 Å². The van der Waals surface area contributed by atoms with Crippen LogP contribution in [0.15, 0.2) is 12.1 Å². The summed E-state index contributed by atoms with van der Waals surface area (Å²) in [6, 6.07) is 3.01. The van der Waals surface area contributed by atoms with Gasteiger partial charge in [-0.3, -0.25) is 4.90 Å². The number of alkyl halides is 1. The van der Waals surface area contributed by atoms with Crippen LogP contribution in [0.25, 0.3) is 22.2 Å². The molecule has 1 aromatic carbocycles. The first-order chi connectivity index (χ1) is 21.3. The van der Waals surface area contributed by atoms with Crippen LogP contribution in [0.3, 0.4) is 0 Å². The molecule has 234 valence electrons. The van der Waals surface area contributed by atoms with Gasteiger partial charge in [-0.25, -0.2) is 13.8 Å². The molecule has 0 amide bonds. The highest BCUT2D eigenvalue weighted by molar-refractivity contribution is 6.32. The van der Waals surface area contributed by atoms with Crippen LogP contribution in [0.5, 0.6) is 17.6 Å². The lowest BCUT2D eigenvalue weighted by Gasteiger charge is -2.46. The van der Waals surface area contributed by atoms with E-state index in [2.05, 4.69) is 14.8 Å². The van der Waals surface area contributed by atoms with E-state index in [1.807, 2.05) is 7.05 Å².